The van der Waals surface area contributed by atoms with E-state index < -0.39 is 12.8 Å². The molecule has 1 amide bonds. The number of fused-ring (bicyclic) bond motifs is 1. The van der Waals surface area contributed by atoms with Gasteiger partial charge in [-0.1, -0.05) is 11.6 Å². The highest BCUT2D eigenvalue weighted by atomic mass is 35.5. The molecule has 0 atom stereocenters. The van der Waals surface area contributed by atoms with Crippen LogP contribution in [0.15, 0.2) is 18.3 Å². The average molecular weight is 372 g/mol. The van der Waals surface area contributed by atoms with Gasteiger partial charge in [0.15, 0.2) is 6.61 Å². The van der Waals surface area contributed by atoms with Crippen LogP contribution in [0.25, 0.3) is 0 Å². The lowest BCUT2D eigenvalue weighted by Crippen LogP contribution is -2.24. The zero-order chi connectivity index (χ0) is 18.4. The Hall–Kier alpha value is -2.35. The first-order valence-electron chi connectivity index (χ1n) is 7.30. The first-order chi connectivity index (χ1) is 11.7. The Bertz CT molecular complexity index is 855. The normalized spacial score (nSPS) is 14.0. The van der Waals surface area contributed by atoms with Crippen LogP contribution in [0.5, 0.6) is 5.88 Å². The maximum absolute atomic E-state index is 12.6. The van der Waals surface area contributed by atoms with Crippen molar-refractivity contribution in [2.45, 2.75) is 26.6 Å². The number of carbonyl (C=O) groups excluding carboxylic acids is 1. The van der Waals surface area contributed by atoms with Crippen LogP contribution >= 0.6 is 11.6 Å². The number of hydrogen-bond donors (Lipinski definition) is 0. The third kappa shape index (κ3) is 3.53. The van der Waals surface area contributed by atoms with Gasteiger partial charge in [-0.2, -0.15) is 13.2 Å². The average Bonchev–Trinajstić information content (AvgIpc) is 2.83. The summed E-state index contributed by atoms with van der Waals surface area (Å²) in [7, 11) is 0. The zero-order valence-corrected chi connectivity index (χ0v) is 14.1. The second kappa shape index (κ2) is 6.18. The number of nitrogens with zero attached hydrogens (tertiary/aromatic N) is 3. The third-order valence-corrected chi connectivity index (χ3v) is 4.01. The molecular formula is C16H13ClF3N3O2. The van der Waals surface area contributed by atoms with Crippen molar-refractivity contribution in [3.8, 4) is 5.88 Å². The quantitative estimate of drug-likeness (QED) is 0.769. The molecule has 0 aliphatic carbocycles. The van der Waals surface area contributed by atoms with Crippen LogP contribution in [0, 0.1) is 13.8 Å². The number of anilines is 1. The lowest BCUT2D eigenvalue weighted by molar-refractivity contribution is -0.154. The van der Waals surface area contributed by atoms with Gasteiger partial charge in [0.2, 0.25) is 5.88 Å². The summed E-state index contributed by atoms with van der Waals surface area (Å²) in [6, 6.07) is 3.21. The molecule has 132 valence electrons. The number of hydrogen-bond acceptors (Lipinski definition) is 4. The van der Waals surface area contributed by atoms with E-state index in [2.05, 4.69) is 14.7 Å². The Kier molecular flexibility index (Phi) is 4.32. The maximum Gasteiger partial charge on any atom is 0.422 e. The fraction of sp³-hybridized carbons (Fsp3) is 0.312. The number of pyridine rings is 2. The highest BCUT2D eigenvalue weighted by Gasteiger charge is 2.32. The molecule has 9 heteroatoms. The Morgan fingerprint density at radius 2 is 2.04 bits per heavy atom. The molecule has 0 fully saturated rings. The van der Waals surface area contributed by atoms with Crippen molar-refractivity contribution in [3.63, 3.8) is 0 Å². The second-order valence-corrected chi connectivity index (χ2v) is 6.05. The van der Waals surface area contributed by atoms with Gasteiger partial charge in [0.05, 0.1) is 18.4 Å². The SMILES string of the molecule is Cc1cc2c(c(Cl)n1)CN(c1cnc(OCC(F)(F)F)c(C)c1)C2=O. The summed E-state index contributed by atoms with van der Waals surface area (Å²) in [5.41, 5.74) is 2.56. The summed E-state index contributed by atoms with van der Waals surface area (Å²) in [6.07, 6.45) is -3.14. The standard InChI is InChI=1S/C16H13ClF3N3O2/c1-8-3-10(5-21-14(8)25-7-16(18,19)20)23-6-12-11(15(23)24)4-9(2)22-13(12)17/h3-5H,6-7H2,1-2H3. The third-order valence-electron chi connectivity index (χ3n) is 3.69. The summed E-state index contributed by atoms with van der Waals surface area (Å²) in [6.45, 7) is 2.11. The maximum atomic E-state index is 12.6. The minimum Gasteiger partial charge on any atom is -0.468 e. The van der Waals surface area contributed by atoms with Gasteiger partial charge < -0.3 is 9.64 Å². The summed E-state index contributed by atoms with van der Waals surface area (Å²) in [4.78, 5) is 22.1. The molecular weight excluding hydrogens is 359 g/mol. The van der Waals surface area contributed by atoms with Gasteiger partial charge in [-0.25, -0.2) is 9.97 Å². The van der Waals surface area contributed by atoms with Crippen LogP contribution in [0.2, 0.25) is 5.15 Å². The molecule has 0 aromatic carbocycles. The van der Waals surface area contributed by atoms with E-state index in [4.69, 9.17) is 11.6 Å². The molecule has 2 aromatic heterocycles. The van der Waals surface area contributed by atoms with Crippen LogP contribution < -0.4 is 9.64 Å². The highest BCUT2D eigenvalue weighted by molar-refractivity contribution is 6.31. The lowest BCUT2D eigenvalue weighted by Gasteiger charge is -2.17. The van der Waals surface area contributed by atoms with E-state index in [0.29, 0.717) is 28.1 Å². The van der Waals surface area contributed by atoms with Crippen LogP contribution in [0.4, 0.5) is 18.9 Å². The molecule has 2 aromatic rings. The molecule has 25 heavy (non-hydrogen) atoms. The largest absolute Gasteiger partial charge is 0.468 e. The van der Waals surface area contributed by atoms with Crippen LogP contribution in [0.3, 0.4) is 0 Å². The zero-order valence-electron chi connectivity index (χ0n) is 13.3. The second-order valence-electron chi connectivity index (χ2n) is 5.69. The van der Waals surface area contributed by atoms with Crippen molar-refractivity contribution in [2.24, 2.45) is 0 Å². The molecule has 0 spiro atoms. The number of alkyl halides is 3. The molecule has 3 rings (SSSR count). The van der Waals surface area contributed by atoms with Crippen LogP contribution in [-0.2, 0) is 6.54 Å². The Morgan fingerprint density at radius 1 is 1.32 bits per heavy atom. The lowest BCUT2D eigenvalue weighted by atomic mass is 10.1. The van der Waals surface area contributed by atoms with Gasteiger partial charge in [0.25, 0.3) is 5.91 Å². The molecule has 0 bridgehead atoms. The monoisotopic (exact) mass is 371 g/mol. The smallest absolute Gasteiger partial charge is 0.422 e. The van der Waals surface area contributed by atoms with Gasteiger partial charge >= 0.3 is 6.18 Å². The number of aromatic nitrogens is 2. The minimum atomic E-state index is -4.44. The highest BCUT2D eigenvalue weighted by Crippen LogP contribution is 2.33. The number of carbonyl (C=O) groups is 1. The molecule has 1 aliphatic heterocycles. The van der Waals surface area contributed by atoms with E-state index in [9.17, 15) is 18.0 Å². The van der Waals surface area contributed by atoms with Crippen molar-refractivity contribution in [3.05, 3.63) is 45.9 Å². The van der Waals surface area contributed by atoms with E-state index in [-0.39, 0.29) is 23.5 Å². The number of amides is 1. The fourth-order valence-electron chi connectivity index (χ4n) is 2.58. The van der Waals surface area contributed by atoms with Gasteiger partial charge in [-0.3, -0.25) is 4.79 Å². The summed E-state index contributed by atoms with van der Waals surface area (Å²) in [5, 5.41) is 0.265. The van der Waals surface area contributed by atoms with Crippen molar-refractivity contribution < 1.29 is 22.7 Å². The van der Waals surface area contributed by atoms with E-state index >= 15 is 0 Å². The minimum absolute atomic E-state index is 0.124. The first kappa shape index (κ1) is 17.5. The Balaban J connectivity index is 1.85. The molecule has 0 radical (unpaired) electrons. The van der Waals surface area contributed by atoms with Gasteiger partial charge in [-0.05, 0) is 26.0 Å². The molecule has 5 nitrogen and oxygen atoms in total. The van der Waals surface area contributed by atoms with Crippen molar-refractivity contribution in [1.82, 2.24) is 9.97 Å². The molecule has 0 unspecified atom stereocenters. The predicted octanol–water partition coefficient (Wildman–Crippen LogP) is 3.85. The molecule has 0 saturated heterocycles. The first-order valence-corrected chi connectivity index (χ1v) is 7.67. The van der Waals surface area contributed by atoms with Gasteiger partial charge in [-0.15, -0.1) is 0 Å². The number of rotatable bonds is 3. The Labute approximate surface area is 146 Å². The van der Waals surface area contributed by atoms with E-state index in [1.807, 2.05) is 0 Å². The number of ether oxygens (including phenoxy) is 1. The molecule has 1 aliphatic rings. The van der Waals surface area contributed by atoms with Crippen LogP contribution in [0.1, 0.15) is 27.2 Å². The molecule has 0 saturated carbocycles. The Morgan fingerprint density at radius 3 is 2.68 bits per heavy atom. The van der Waals surface area contributed by atoms with Gasteiger partial charge in [0, 0.05) is 22.4 Å². The summed E-state index contributed by atoms with van der Waals surface area (Å²) >= 11 is 6.10. The van der Waals surface area contributed by atoms with Crippen molar-refractivity contribution >= 4 is 23.2 Å². The van der Waals surface area contributed by atoms with Crippen molar-refractivity contribution in [2.75, 3.05) is 11.5 Å². The fourth-order valence-corrected chi connectivity index (χ4v) is 2.88. The van der Waals surface area contributed by atoms with Gasteiger partial charge in [0.1, 0.15) is 5.15 Å². The van der Waals surface area contributed by atoms with E-state index in [0.717, 1.165) is 0 Å². The van der Waals surface area contributed by atoms with Crippen molar-refractivity contribution in [1.29, 1.82) is 0 Å². The summed E-state index contributed by atoms with van der Waals surface area (Å²) in [5.74, 6) is -0.381. The van der Waals surface area contributed by atoms with E-state index in [1.165, 1.54) is 11.1 Å². The summed E-state index contributed by atoms with van der Waals surface area (Å²) < 4.78 is 41.4. The molecule has 3 heterocycles. The topological polar surface area (TPSA) is 55.3 Å². The predicted molar refractivity (Wildman–Crippen MR) is 85.0 cm³/mol. The molecule has 0 N–H and O–H groups in total. The number of aryl methyl sites for hydroxylation is 2. The van der Waals surface area contributed by atoms with Crippen LogP contribution in [-0.4, -0.2) is 28.7 Å². The number of halogens is 4. The van der Waals surface area contributed by atoms with E-state index in [1.54, 1.807) is 26.0 Å².